The molecular formula is C18H15N3O3. The molecule has 0 atom stereocenters. The molecule has 2 heterocycles. The number of benzene rings is 1. The molecule has 0 aliphatic rings. The number of fused-ring (bicyclic) bond motifs is 1. The molecule has 0 N–H and O–H groups in total. The second kappa shape index (κ2) is 6.42. The van der Waals surface area contributed by atoms with Gasteiger partial charge >= 0.3 is 0 Å². The van der Waals surface area contributed by atoms with Gasteiger partial charge in [0.05, 0.1) is 24.4 Å². The molecule has 0 saturated heterocycles. The monoisotopic (exact) mass is 321 g/mol. The number of hydrogen-bond donors (Lipinski definition) is 0. The van der Waals surface area contributed by atoms with Crippen LogP contribution in [0.1, 0.15) is 16.8 Å². The molecule has 0 unspecified atom stereocenters. The summed E-state index contributed by atoms with van der Waals surface area (Å²) < 4.78 is 12.4. The van der Waals surface area contributed by atoms with Crippen molar-refractivity contribution in [2.24, 2.45) is 0 Å². The Hall–Kier alpha value is -3.33. The summed E-state index contributed by atoms with van der Waals surface area (Å²) in [4.78, 5) is 16.6. The first-order valence-electron chi connectivity index (χ1n) is 7.30. The summed E-state index contributed by atoms with van der Waals surface area (Å²) in [5.74, 6) is 0.949. The summed E-state index contributed by atoms with van der Waals surface area (Å²) in [7, 11) is 1.51. The minimum absolute atomic E-state index is 0.127. The zero-order valence-corrected chi connectivity index (χ0v) is 13.3. The minimum Gasteiger partial charge on any atom is -0.493 e. The van der Waals surface area contributed by atoms with Crippen LogP contribution >= 0.6 is 0 Å². The summed E-state index contributed by atoms with van der Waals surface area (Å²) in [6.07, 6.45) is 1.75. The number of rotatable bonds is 4. The molecule has 0 saturated carbocycles. The van der Waals surface area contributed by atoms with E-state index in [1.165, 1.54) is 17.6 Å². The summed E-state index contributed by atoms with van der Waals surface area (Å²) in [6, 6.07) is 12.1. The topological polar surface area (TPSA) is 76.6 Å². The molecule has 3 aromatic rings. The van der Waals surface area contributed by atoms with E-state index in [4.69, 9.17) is 14.7 Å². The first-order chi connectivity index (χ1) is 11.6. The lowest BCUT2D eigenvalue weighted by molar-refractivity contribution is 0.280. The van der Waals surface area contributed by atoms with E-state index < -0.39 is 0 Å². The zero-order valence-electron chi connectivity index (χ0n) is 13.3. The summed E-state index contributed by atoms with van der Waals surface area (Å²) in [5.41, 5.74) is 2.40. The normalized spacial score (nSPS) is 10.4. The number of nitriles is 1. The SMILES string of the molecule is COc1cc(C#N)ccc1OCc1cc(=O)n2cc(C)ccc2n1. The van der Waals surface area contributed by atoms with E-state index in [0.717, 1.165) is 5.56 Å². The third-order valence-corrected chi connectivity index (χ3v) is 3.53. The summed E-state index contributed by atoms with van der Waals surface area (Å²) in [5, 5.41) is 8.91. The Bertz CT molecular complexity index is 1000. The van der Waals surface area contributed by atoms with Crippen molar-refractivity contribution in [3.05, 3.63) is 69.8 Å². The van der Waals surface area contributed by atoms with Gasteiger partial charge in [-0.15, -0.1) is 0 Å². The largest absolute Gasteiger partial charge is 0.493 e. The first-order valence-corrected chi connectivity index (χ1v) is 7.30. The fraction of sp³-hybridized carbons (Fsp3) is 0.167. The molecule has 0 spiro atoms. The molecule has 0 aliphatic carbocycles. The van der Waals surface area contributed by atoms with Crippen molar-refractivity contribution < 1.29 is 9.47 Å². The quantitative estimate of drug-likeness (QED) is 0.738. The Morgan fingerprint density at radius 2 is 2.04 bits per heavy atom. The van der Waals surface area contributed by atoms with Crippen molar-refractivity contribution in [2.75, 3.05) is 7.11 Å². The lowest BCUT2D eigenvalue weighted by atomic mass is 10.2. The molecule has 0 amide bonds. The van der Waals surface area contributed by atoms with E-state index in [0.29, 0.717) is 28.4 Å². The number of aryl methyl sites for hydroxylation is 1. The third kappa shape index (κ3) is 3.06. The van der Waals surface area contributed by atoms with Gasteiger partial charge in [-0.1, -0.05) is 6.07 Å². The molecule has 120 valence electrons. The van der Waals surface area contributed by atoms with Crippen molar-refractivity contribution in [3.63, 3.8) is 0 Å². The maximum atomic E-state index is 12.2. The van der Waals surface area contributed by atoms with E-state index in [9.17, 15) is 4.79 Å². The average molecular weight is 321 g/mol. The Morgan fingerprint density at radius 1 is 1.21 bits per heavy atom. The van der Waals surface area contributed by atoms with Crippen LogP contribution in [0.3, 0.4) is 0 Å². The number of pyridine rings is 1. The van der Waals surface area contributed by atoms with Gasteiger partial charge in [0.25, 0.3) is 5.56 Å². The van der Waals surface area contributed by atoms with E-state index in [1.807, 2.05) is 19.1 Å². The van der Waals surface area contributed by atoms with Gasteiger partial charge in [-0.2, -0.15) is 5.26 Å². The van der Waals surface area contributed by atoms with Gasteiger partial charge in [-0.3, -0.25) is 9.20 Å². The number of aromatic nitrogens is 2. The van der Waals surface area contributed by atoms with Crippen molar-refractivity contribution in [1.29, 1.82) is 5.26 Å². The maximum absolute atomic E-state index is 12.2. The van der Waals surface area contributed by atoms with E-state index in [2.05, 4.69) is 4.98 Å². The maximum Gasteiger partial charge on any atom is 0.258 e. The molecule has 1 aromatic carbocycles. The molecule has 0 radical (unpaired) electrons. The van der Waals surface area contributed by atoms with Crippen LogP contribution in [0, 0.1) is 18.3 Å². The van der Waals surface area contributed by atoms with E-state index in [1.54, 1.807) is 30.5 Å². The average Bonchev–Trinajstić information content (AvgIpc) is 2.60. The highest BCUT2D eigenvalue weighted by molar-refractivity contribution is 5.47. The highest BCUT2D eigenvalue weighted by atomic mass is 16.5. The van der Waals surface area contributed by atoms with Crippen molar-refractivity contribution in [3.8, 4) is 17.6 Å². The molecule has 24 heavy (non-hydrogen) atoms. The number of ether oxygens (including phenoxy) is 2. The van der Waals surface area contributed by atoms with Gasteiger partial charge in [0.15, 0.2) is 11.5 Å². The van der Waals surface area contributed by atoms with Gasteiger partial charge in [-0.25, -0.2) is 4.98 Å². The van der Waals surface area contributed by atoms with Crippen LogP contribution in [0.2, 0.25) is 0 Å². The van der Waals surface area contributed by atoms with Crippen LogP contribution in [0.25, 0.3) is 5.65 Å². The van der Waals surface area contributed by atoms with Crippen LogP contribution in [-0.2, 0) is 6.61 Å². The Labute approximate surface area is 138 Å². The van der Waals surface area contributed by atoms with Crippen LogP contribution in [-0.4, -0.2) is 16.5 Å². The van der Waals surface area contributed by atoms with Gasteiger partial charge in [-0.05, 0) is 30.7 Å². The molecule has 0 aliphatic heterocycles. The highest BCUT2D eigenvalue weighted by Crippen LogP contribution is 2.28. The van der Waals surface area contributed by atoms with Gasteiger partial charge in [0.2, 0.25) is 0 Å². The molecular weight excluding hydrogens is 306 g/mol. The summed E-state index contributed by atoms with van der Waals surface area (Å²) >= 11 is 0. The third-order valence-electron chi connectivity index (χ3n) is 3.53. The Morgan fingerprint density at radius 3 is 2.79 bits per heavy atom. The smallest absolute Gasteiger partial charge is 0.258 e. The molecule has 2 aromatic heterocycles. The predicted molar refractivity (Wildman–Crippen MR) is 88.2 cm³/mol. The van der Waals surface area contributed by atoms with Crippen LogP contribution in [0.4, 0.5) is 0 Å². The van der Waals surface area contributed by atoms with Crippen molar-refractivity contribution >= 4 is 5.65 Å². The summed E-state index contributed by atoms with van der Waals surface area (Å²) in [6.45, 7) is 2.04. The van der Waals surface area contributed by atoms with Crippen LogP contribution < -0.4 is 15.0 Å². The lowest BCUT2D eigenvalue weighted by Gasteiger charge is -2.11. The Balaban J connectivity index is 1.87. The second-order valence-electron chi connectivity index (χ2n) is 5.29. The number of hydrogen-bond acceptors (Lipinski definition) is 5. The second-order valence-corrected chi connectivity index (χ2v) is 5.29. The molecule has 6 nitrogen and oxygen atoms in total. The van der Waals surface area contributed by atoms with E-state index >= 15 is 0 Å². The van der Waals surface area contributed by atoms with Crippen molar-refractivity contribution in [2.45, 2.75) is 13.5 Å². The van der Waals surface area contributed by atoms with Gasteiger partial charge < -0.3 is 9.47 Å². The number of nitrogens with zero attached hydrogens (tertiary/aromatic N) is 3. The van der Waals surface area contributed by atoms with E-state index in [-0.39, 0.29) is 12.2 Å². The van der Waals surface area contributed by atoms with Crippen LogP contribution in [0.15, 0.2) is 47.4 Å². The number of methoxy groups -OCH3 is 1. The van der Waals surface area contributed by atoms with Gasteiger partial charge in [0.1, 0.15) is 12.3 Å². The lowest BCUT2D eigenvalue weighted by Crippen LogP contribution is -2.16. The molecule has 6 heteroatoms. The van der Waals surface area contributed by atoms with Gasteiger partial charge in [0, 0.05) is 18.3 Å². The molecule has 3 rings (SSSR count). The molecule has 0 bridgehead atoms. The van der Waals surface area contributed by atoms with Crippen LogP contribution in [0.5, 0.6) is 11.5 Å². The standard InChI is InChI=1S/C18H15N3O3/c1-12-3-6-17-20-14(8-18(22)21(17)10-12)11-24-15-5-4-13(9-19)7-16(15)23-2/h3-8,10H,11H2,1-2H3. The predicted octanol–water partition coefficient (Wildman–Crippen LogP) is 2.46. The minimum atomic E-state index is -0.158. The highest BCUT2D eigenvalue weighted by Gasteiger charge is 2.08. The molecule has 0 fully saturated rings. The van der Waals surface area contributed by atoms with Crippen molar-refractivity contribution in [1.82, 2.24) is 9.38 Å². The zero-order chi connectivity index (χ0) is 17.1. The Kier molecular flexibility index (Phi) is 4.17. The first kappa shape index (κ1) is 15.6. The fourth-order valence-corrected chi connectivity index (χ4v) is 2.34. The fourth-order valence-electron chi connectivity index (χ4n) is 2.34.